The van der Waals surface area contributed by atoms with Crippen molar-refractivity contribution < 1.29 is 9.53 Å². The van der Waals surface area contributed by atoms with E-state index in [1.807, 2.05) is 6.08 Å². The van der Waals surface area contributed by atoms with Crippen LogP contribution in [0.3, 0.4) is 0 Å². The molecule has 1 N–H and O–H groups in total. The first-order chi connectivity index (χ1) is 8.81. The third-order valence-electron chi connectivity index (χ3n) is 3.16. The van der Waals surface area contributed by atoms with Gasteiger partial charge in [0.2, 0.25) is 0 Å². The molecule has 1 aliphatic rings. The molecule has 1 atom stereocenters. The van der Waals surface area contributed by atoms with Crippen molar-refractivity contribution in [1.29, 1.82) is 0 Å². The molecule has 3 heteroatoms. The van der Waals surface area contributed by atoms with E-state index >= 15 is 0 Å². The molecule has 0 heterocycles. The molecule has 0 fully saturated rings. The van der Waals surface area contributed by atoms with Crippen molar-refractivity contribution in [3.05, 3.63) is 47.5 Å². The fraction of sp³-hybridized carbons (Fsp3) is 0.400. The molecule has 18 heavy (non-hydrogen) atoms. The third kappa shape index (κ3) is 3.20. The number of carbonyl (C=O) groups is 1. The van der Waals surface area contributed by atoms with Crippen molar-refractivity contribution in [2.75, 3.05) is 13.2 Å². The molecule has 1 aliphatic carbocycles. The SMILES string of the molecule is CCOC(=O)/C=C/CNC1CCc2ccccc21. The van der Waals surface area contributed by atoms with Crippen LogP contribution in [-0.2, 0) is 16.0 Å². The molecule has 3 nitrogen and oxygen atoms in total. The summed E-state index contributed by atoms with van der Waals surface area (Å²) >= 11 is 0. The highest BCUT2D eigenvalue weighted by Gasteiger charge is 2.20. The quantitative estimate of drug-likeness (QED) is 0.639. The van der Waals surface area contributed by atoms with E-state index < -0.39 is 0 Å². The number of benzene rings is 1. The van der Waals surface area contributed by atoms with E-state index in [1.165, 1.54) is 17.2 Å². The number of hydrogen-bond donors (Lipinski definition) is 1. The van der Waals surface area contributed by atoms with E-state index in [1.54, 1.807) is 6.92 Å². The highest BCUT2D eigenvalue weighted by molar-refractivity contribution is 5.81. The Morgan fingerprint density at radius 2 is 2.33 bits per heavy atom. The number of ether oxygens (including phenoxy) is 1. The molecule has 0 saturated heterocycles. The van der Waals surface area contributed by atoms with Gasteiger partial charge in [0.15, 0.2) is 0 Å². The topological polar surface area (TPSA) is 38.3 Å². The second kappa shape index (κ2) is 6.36. The Kier molecular flexibility index (Phi) is 4.53. The smallest absolute Gasteiger partial charge is 0.330 e. The van der Waals surface area contributed by atoms with Crippen LogP contribution in [0.1, 0.15) is 30.5 Å². The second-order valence-electron chi connectivity index (χ2n) is 4.35. The summed E-state index contributed by atoms with van der Waals surface area (Å²) in [6.07, 6.45) is 5.57. The van der Waals surface area contributed by atoms with E-state index in [4.69, 9.17) is 4.74 Å². The van der Waals surface area contributed by atoms with Crippen LogP contribution in [0, 0.1) is 0 Å². The molecular formula is C15H19NO2. The van der Waals surface area contributed by atoms with Crippen molar-refractivity contribution in [2.24, 2.45) is 0 Å². The van der Waals surface area contributed by atoms with Gasteiger partial charge in [-0.2, -0.15) is 0 Å². The second-order valence-corrected chi connectivity index (χ2v) is 4.35. The zero-order valence-electron chi connectivity index (χ0n) is 10.7. The van der Waals surface area contributed by atoms with E-state index in [0.717, 1.165) is 12.8 Å². The lowest BCUT2D eigenvalue weighted by atomic mass is 10.1. The van der Waals surface area contributed by atoms with Crippen molar-refractivity contribution in [3.63, 3.8) is 0 Å². The number of esters is 1. The molecule has 1 aromatic rings. The Morgan fingerprint density at radius 1 is 1.50 bits per heavy atom. The van der Waals surface area contributed by atoms with Gasteiger partial charge in [0.1, 0.15) is 0 Å². The van der Waals surface area contributed by atoms with Crippen LogP contribution in [0.4, 0.5) is 0 Å². The highest BCUT2D eigenvalue weighted by Crippen LogP contribution is 2.30. The van der Waals surface area contributed by atoms with Crippen molar-refractivity contribution in [1.82, 2.24) is 5.32 Å². The van der Waals surface area contributed by atoms with Crippen LogP contribution in [0.15, 0.2) is 36.4 Å². The molecule has 0 amide bonds. The molecule has 0 aromatic heterocycles. The first-order valence-corrected chi connectivity index (χ1v) is 6.45. The number of rotatable bonds is 5. The Morgan fingerprint density at radius 3 is 3.17 bits per heavy atom. The van der Waals surface area contributed by atoms with Crippen LogP contribution in [0.5, 0.6) is 0 Å². The molecule has 0 aliphatic heterocycles. The number of hydrogen-bond acceptors (Lipinski definition) is 3. The van der Waals surface area contributed by atoms with Crippen molar-refractivity contribution in [3.8, 4) is 0 Å². The monoisotopic (exact) mass is 245 g/mol. The van der Waals surface area contributed by atoms with E-state index in [9.17, 15) is 4.79 Å². The minimum atomic E-state index is -0.272. The Bertz CT molecular complexity index is 440. The van der Waals surface area contributed by atoms with Gasteiger partial charge >= 0.3 is 5.97 Å². The largest absolute Gasteiger partial charge is 0.463 e. The molecule has 0 saturated carbocycles. The lowest BCUT2D eigenvalue weighted by Gasteiger charge is -2.11. The maximum absolute atomic E-state index is 11.1. The van der Waals surface area contributed by atoms with Crippen LogP contribution < -0.4 is 5.32 Å². The summed E-state index contributed by atoms with van der Waals surface area (Å²) in [6, 6.07) is 8.93. The Balaban J connectivity index is 1.81. The maximum atomic E-state index is 11.1. The minimum absolute atomic E-state index is 0.272. The first-order valence-electron chi connectivity index (χ1n) is 6.45. The number of fused-ring (bicyclic) bond motifs is 1. The Hall–Kier alpha value is -1.61. The molecular weight excluding hydrogens is 226 g/mol. The molecule has 0 radical (unpaired) electrons. The van der Waals surface area contributed by atoms with Crippen LogP contribution in [-0.4, -0.2) is 19.1 Å². The van der Waals surface area contributed by atoms with Gasteiger partial charge in [0.05, 0.1) is 6.61 Å². The first kappa shape index (κ1) is 12.8. The van der Waals surface area contributed by atoms with Crippen molar-refractivity contribution >= 4 is 5.97 Å². The number of nitrogens with one attached hydrogen (secondary N) is 1. The number of carbonyl (C=O) groups excluding carboxylic acids is 1. The molecule has 1 aromatic carbocycles. The zero-order valence-corrected chi connectivity index (χ0v) is 10.7. The van der Waals surface area contributed by atoms with Gasteiger partial charge in [-0.05, 0) is 30.9 Å². The summed E-state index contributed by atoms with van der Waals surface area (Å²) in [6.45, 7) is 2.92. The van der Waals surface area contributed by atoms with Gasteiger partial charge in [-0.1, -0.05) is 30.3 Å². The summed E-state index contributed by atoms with van der Waals surface area (Å²) < 4.78 is 4.82. The molecule has 2 rings (SSSR count). The van der Waals surface area contributed by atoms with E-state index in [-0.39, 0.29) is 5.97 Å². The predicted octanol–water partition coefficient (Wildman–Crippen LogP) is 2.38. The normalized spacial score (nSPS) is 17.9. The van der Waals surface area contributed by atoms with Gasteiger partial charge in [-0.25, -0.2) is 4.79 Å². The average Bonchev–Trinajstić information content (AvgIpc) is 2.78. The molecule has 0 spiro atoms. The highest BCUT2D eigenvalue weighted by atomic mass is 16.5. The van der Waals surface area contributed by atoms with Crippen LogP contribution in [0.2, 0.25) is 0 Å². The molecule has 96 valence electrons. The van der Waals surface area contributed by atoms with E-state index in [0.29, 0.717) is 19.2 Å². The van der Waals surface area contributed by atoms with Gasteiger partial charge in [-0.3, -0.25) is 0 Å². The van der Waals surface area contributed by atoms with Crippen LogP contribution >= 0.6 is 0 Å². The van der Waals surface area contributed by atoms with Crippen molar-refractivity contribution in [2.45, 2.75) is 25.8 Å². The minimum Gasteiger partial charge on any atom is -0.463 e. The molecule has 1 unspecified atom stereocenters. The number of aryl methyl sites for hydroxylation is 1. The summed E-state index contributed by atoms with van der Waals surface area (Å²) in [5.74, 6) is -0.272. The van der Waals surface area contributed by atoms with Gasteiger partial charge in [0.25, 0.3) is 0 Å². The van der Waals surface area contributed by atoms with Gasteiger partial charge in [0, 0.05) is 18.7 Å². The third-order valence-corrected chi connectivity index (χ3v) is 3.16. The van der Waals surface area contributed by atoms with Gasteiger partial charge in [-0.15, -0.1) is 0 Å². The summed E-state index contributed by atoms with van der Waals surface area (Å²) in [7, 11) is 0. The predicted molar refractivity (Wildman–Crippen MR) is 71.3 cm³/mol. The summed E-state index contributed by atoms with van der Waals surface area (Å²) in [4.78, 5) is 11.1. The summed E-state index contributed by atoms with van der Waals surface area (Å²) in [5, 5.41) is 3.44. The zero-order chi connectivity index (χ0) is 12.8. The Labute approximate surface area is 108 Å². The fourth-order valence-electron chi connectivity index (χ4n) is 2.32. The van der Waals surface area contributed by atoms with Gasteiger partial charge < -0.3 is 10.1 Å². The van der Waals surface area contributed by atoms with Crippen LogP contribution in [0.25, 0.3) is 0 Å². The molecule has 0 bridgehead atoms. The maximum Gasteiger partial charge on any atom is 0.330 e. The standard InChI is InChI=1S/C15H19NO2/c1-2-18-15(17)8-5-11-16-14-10-9-12-6-3-4-7-13(12)14/h3-8,14,16H,2,9-11H2,1H3/b8-5+. The lowest BCUT2D eigenvalue weighted by molar-refractivity contribution is -0.137. The van der Waals surface area contributed by atoms with E-state index in [2.05, 4.69) is 29.6 Å². The average molecular weight is 245 g/mol. The fourth-order valence-corrected chi connectivity index (χ4v) is 2.32. The lowest BCUT2D eigenvalue weighted by Crippen LogP contribution is -2.19. The summed E-state index contributed by atoms with van der Waals surface area (Å²) in [5.41, 5.74) is 2.83.